The molecule has 0 atom stereocenters. The molecule has 2 rings (SSSR count). The maximum absolute atomic E-state index is 5.81. The molecule has 0 unspecified atom stereocenters. The van der Waals surface area contributed by atoms with Crippen molar-refractivity contribution < 1.29 is 4.74 Å². The Labute approximate surface area is 116 Å². The van der Waals surface area contributed by atoms with E-state index >= 15 is 0 Å². The van der Waals surface area contributed by atoms with Gasteiger partial charge >= 0.3 is 6.01 Å². The molecule has 0 aliphatic heterocycles. The largest absolute Gasteiger partial charge is 0.467 e. The maximum atomic E-state index is 5.81. The normalized spacial score (nSPS) is 17.7. The van der Waals surface area contributed by atoms with Gasteiger partial charge in [0.25, 0.3) is 0 Å². The van der Waals surface area contributed by atoms with E-state index in [4.69, 9.17) is 16.3 Å². The number of nitrogens with one attached hydrogen (secondary N) is 1. The van der Waals surface area contributed by atoms with Crippen molar-refractivity contribution in [2.45, 2.75) is 30.4 Å². The highest BCUT2D eigenvalue weighted by molar-refractivity contribution is 8.00. The Bertz CT molecular complexity index is 412. The topological polar surface area (TPSA) is 59.9 Å². The third-order valence-corrected chi connectivity index (χ3v) is 4.87. The summed E-state index contributed by atoms with van der Waals surface area (Å²) in [7, 11) is 1.51. The summed E-state index contributed by atoms with van der Waals surface area (Å²) in [4.78, 5) is 12.0. The minimum atomic E-state index is 0.147. The number of anilines is 1. The van der Waals surface area contributed by atoms with Crippen LogP contribution >= 0.6 is 23.4 Å². The minimum absolute atomic E-state index is 0.147. The lowest BCUT2D eigenvalue weighted by Crippen LogP contribution is -2.30. The second-order valence-electron chi connectivity index (χ2n) is 4.36. The molecule has 18 heavy (non-hydrogen) atoms. The number of thioether (sulfide) groups is 1. The van der Waals surface area contributed by atoms with Gasteiger partial charge in [0.15, 0.2) is 0 Å². The first-order chi connectivity index (χ1) is 8.67. The van der Waals surface area contributed by atoms with Crippen molar-refractivity contribution in [3.63, 3.8) is 0 Å². The van der Waals surface area contributed by atoms with Crippen molar-refractivity contribution >= 4 is 29.3 Å². The molecule has 5 nitrogen and oxygen atoms in total. The van der Waals surface area contributed by atoms with Gasteiger partial charge in [-0.05, 0) is 30.7 Å². The van der Waals surface area contributed by atoms with Gasteiger partial charge in [0, 0.05) is 11.3 Å². The average Bonchev–Trinajstić information content (AvgIpc) is 2.85. The highest BCUT2D eigenvalue weighted by atomic mass is 35.5. The van der Waals surface area contributed by atoms with E-state index in [0.717, 1.165) is 6.54 Å². The summed E-state index contributed by atoms with van der Waals surface area (Å²) in [6.45, 7) is 0.845. The van der Waals surface area contributed by atoms with Crippen LogP contribution in [0.2, 0.25) is 5.28 Å². The predicted molar refractivity (Wildman–Crippen MR) is 74.6 cm³/mol. The molecule has 1 heterocycles. The summed E-state index contributed by atoms with van der Waals surface area (Å²) in [5.74, 6) is 0.479. The second-order valence-corrected chi connectivity index (χ2v) is 5.97. The highest BCUT2D eigenvalue weighted by Crippen LogP contribution is 2.40. The molecule has 100 valence electrons. The fraction of sp³-hybridized carbons (Fsp3) is 0.727. The van der Waals surface area contributed by atoms with Crippen molar-refractivity contribution in [2.24, 2.45) is 0 Å². The molecule has 7 heteroatoms. The number of methoxy groups -OCH3 is 1. The summed E-state index contributed by atoms with van der Waals surface area (Å²) in [6, 6.07) is 0.238. The first-order valence-electron chi connectivity index (χ1n) is 5.92. The van der Waals surface area contributed by atoms with E-state index < -0.39 is 0 Å². The average molecular weight is 289 g/mol. The molecule has 1 aliphatic carbocycles. The number of nitrogens with zero attached hydrogens (tertiary/aromatic N) is 3. The highest BCUT2D eigenvalue weighted by Gasteiger charge is 2.32. The molecule has 1 aliphatic rings. The fourth-order valence-electron chi connectivity index (χ4n) is 2.21. The van der Waals surface area contributed by atoms with Crippen LogP contribution in [-0.4, -0.2) is 39.6 Å². The maximum Gasteiger partial charge on any atom is 0.322 e. The van der Waals surface area contributed by atoms with Gasteiger partial charge in [-0.15, -0.1) is 0 Å². The summed E-state index contributed by atoms with van der Waals surface area (Å²) >= 11 is 7.72. The van der Waals surface area contributed by atoms with Gasteiger partial charge in [-0.3, -0.25) is 0 Å². The van der Waals surface area contributed by atoms with Crippen LogP contribution in [0.5, 0.6) is 6.01 Å². The SMILES string of the molecule is COc1nc(Cl)nc(NCC2(SC)CCCC2)n1. The van der Waals surface area contributed by atoms with Crippen LogP contribution < -0.4 is 10.1 Å². The fourth-order valence-corrected chi connectivity index (χ4v) is 3.28. The molecule has 0 bridgehead atoms. The molecule has 0 saturated heterocycles. The van der Waals surface area contributed by atoms with E-state index in [1.54, 1.807) is 0 Å². The van der Waals surface area contributed by atoms with E-state index in [1.165, 1.54) is 32.8 Å². The molecule has 1 saturated carbocycles. The molecule has 0 spiro atoms. The minimum Gasteiger partial charge on any atom is -0.467 e. The van der Waals surface area contributed by atoms with Crippen LogP contribution in [0.4, 0.5) is 5.95 Å². The number of hydrogen-bond acceptors (Lipinski definition) is 6. The zero-order chi connectivity index (χ0) is 13.0. The molecule has 0 amide bonds. The summed E-state index contributed by atoms with van der Waals surface area (Å²) in [6.07, 6.45) is 7.22. The van der Waals surface area contributed by atoms with Crippen LogP contribution in [0, 0.1) is 0 Å². The Kier molecular flexibility index (Phi) is 4.50. The first-order valence-corrected chi connectivity index (χ1v) is 7.52. The lowest BCUT2D eigenvalue weighted by Gasteiger charge is -2.26. The van der Waals surface area contributed by atoms with E-state index in [0.29, 0.717) is 10.7 Å². The molecule has 1 aromatic heterocycles. The van der Waals surface area contributed by atoms with Gasteiger partial charge < -0.3 is 10.1 Å². The Morgan fingerprint density at radius 3 is 2.67 bits per heavy atom. The van der Waals surface area contributed by atoms with E-state index in [9.17, 15) is 0 Å². The Hall–Kier alpha value is -0.750. The smallest absolute Gasteiger partial charge is 0.322 e. The van der Waals surface area contributed by atoms with Gasteiger partial charge in [-0.2, -0.15) is 26.7 Å². The number of ether oxygens (including phenoxy) is 1. The Morgan fingerprint density at radius 1 is 1.33 bits per heavy atom. The summed E-state index contributed by atoms with van der Waals surface area (Å²) in [5, 5.41) is 3.39. The van der Waals surface area contributed by atoms with Crippen LogP contribution in [0.3, 0.4) is 0 Å². The number of rotatable bonds is 5. The van der Waals surface area contributed by atoms with Crippen molar-refractivity contribution in [1.82, 2.24) is 15.0 Å². The zero-order valence-corrected chi connectivity index (χ0v) is 12.1. The van der Waals surface area contributed by atoms with Gasteiger partial charge in [0.05, 0.1) is 7.11 Å². The molecular formula is C11H17ClN4OS. The van der Waals surface area contributed by atoms with Crippen LogP contribution in [0.25, 0.3) is 0 Å². The van der Waals surface area contributed by atoms with Crippen LogP contribution in [0.15, 0.2) is 0 Å². The van der Waals surface area contributed by atoms with E-state index in [1.807, 2.05) is 11.8 Å². The Balaban J connectivity index is 2.03. The molecular weight excluding hydrogens is 272 g/mol. The second kappa shape index (κ2) is 5.93. The molecule has 1 aromatic rings. The quantitative estimate of drug-likeness (QED) is 0.899. The molecule has 0 radical (unpaired) electrons. The van der Waals surface area contributed by atoms with E-state index in [-0.39, 0.29) is 11.3 Å². The van der Waals surface area contributed by atoms with Crippen molar-refractivity contribution in [3.8, 4) is 6.01 Å². The number of halogens is 1. The van der Waals surface area contributed by atoms with Crippen molar-refractivity contribution in [1.29, 1.82) is 0 Å². The van der Waals surface area contributed by atoms with Crippen LogP contribution in [0.1, 0.15) is 25.7 Å². The standard InChI is InChI=1S/C11H17ClN4OS/c1-17-10-15-8(12)14-9(16-10)13-7-11(18-2)5-3-4-6-11/h3-7H2,1-2H3,(H,13,14,15,16). The predicted octanol–water partition coefficient (Wildman–Crippen LogP) is 2.62. The zero-order valence-electron chi connectivity index (χ0n) is 10.6. The lowest BCUT2D eigenvalue weighted by atomic mass is 10.1. The molecule has 0 aromatic carbocycles. The van der Waals surface area contributed by atoms with Gasteiger partial charge in [-0.1, -0.05) is 12.8 Å². The van der Waals surface area contributed by atoms with Crippen molar-refractivity contribution in [3.05, 3.63) is 5.28 Å². The van der Waals surface area contributed by atoms with Gasteiger partial charge in [0.1, 0.15) is 0 Å². The van der Waals surface area contributed by atoms with Crippen molar-refractivity contribution in [2.75, 3.05) is 25.2 Å². The van der Waals surface area contributed by atoms with Crippen LogP contribution in [-0.2, 0) is 0 Å². The van der Waals surface area contributed by atoms with Gasteiger partial charge in [0.2, 0.25) is 11.2 Å². The molecule has 1 fully saturated rings. The third kappa shape index (κ3) is 3.17. The Morgan fingerprint density at radius 2 is 2.06 bits per heavy atom. The molecule has 1 N–H and O–H groups in total. The summed E-state index contributed by atoms with van der Waals surface area (Å²) < 4.78 is 5.27. The lowest BCUT2D eigenvalue weighted by molar-refractivity contribution is 0.378. The summed E-state index contributed by atoms with van der Waals surface area (Å²) in [5.41, 5.74) is 0. The monoisotopic (exact) mass is 288 g/mol. The van der Waals surface area contributed by atoms with E-state index in [2.05, 4.69) is 26.5 Å². The first kappa shape index (κ1) is 13.7. The van der Waals surface area contributed by atoms with Gasteiger partial charge in [-0.25, -0.2) is 0 Å². The number of aromatic nitrogens is 3. The number of hydrogen-bond donors (Lipinski definition) is 1. The third-order valence-electron chi connectivity index (χ3n) is 3.29.